The van der Waals surface area contributed by atoms with Crippen LogP contribution in [0.15, 0.2) is 12.2 Å². The van der Waals surface area contributed by atoms with Crippen molar-refractivity contribution in [3.63, 3.8) is 0 Å². The van der Waals surface area contributed by atoms with Crippen LogP contribution in [0, 0.1) is 0 Å². The quantitative estimate of drug-likeness (QED) is 0.356. The van der Waals surface area contributed by atoms with E-state index in [0.29, 0.717) is 6.61 Å². The molecule has 0 aliphatic carbocycles. The summed E-state index contributed by atoms with van der Waals surface area (Å²) in [6.07, 6.45) is 10.7. The van der Waals surface area contributed by atoms with Crippen LogP contribution in [0.25, 0.3) is 0 Å². The number of unbranched alkanes of at least 4 members (excludes halogenated alkanes) is 7. The van der Waals surface area contributed by atoms with E-state index in [-0.39, 0.29) is 13.2 Å². The number of aliphatic hydroxyl groups is 3. The van der Waals surface area contributed by atoms with Gasteiger partial charge in [-0.1, -0.05) is 57.6 Å². The number of aliphatic hydroxyl groups excluding tert-OH is 3. The van der Waals surface area contributed by atoms with Gasteiger partial charge in [-0.05, 0) is 12.8 Å². The largest absolute Gasteiger partial charge is 0.388 e. The minimum Gasteiger partial charge on any atom is -0.388 e. The third-order valence-corrected chi connectivity index (χ3v) is 4.21. The summed E-state index contributed by atoms with van der Waals surface area (Å²) in [6, 6.07) is 0. The van der Waals surface area contributed by atoms with Crippen LogP contribution in [0.2, 0.25) is 0 Å². The predicted molar refractivity (Wildman–Crippen MR) is 90.3 cm³/mol. The lowest BCUT2D eigenvalue weighted by Crippen LogP contribution is -2.40. The Kier molecular flexibility index (Phi) is 11.5. The molecule has 0 bridgehead atoms. The molecule has 1 rings (SSSR count). The highest BCUT2D eigenvalue weighted by molar-refractivity contribution is 4.88. The summed E-state index contributed by atoms with van der Waals surface area (Å²) >= 11 is 0. The SMILES string of the molecule is CCCCCCCCC/C=C/COC[C@H](O)[C@@H]1OC[C@@H](O)[C@@H]1O. The van der Waals surface area contributed by atoms with Gasteiger partial charge in [-0.25, -0.2) is 0 Å². The van der Waals surface area contributed by atoms with E-state index in [4.69, 9.17) is 9.47 Å². The molecule has 0 aromatic rings. The summed E-state index contributed by atoms with van der Waals surface area (Å²) in [7, 11) is 0. The Morgan fingerprint density at radius 2 is 1.78 bits per heavy atom. The third-order valence-electron chi connectivity index (χ3n) is 4.21. The molecule has 1 aliphatic heterocycles. The summed E-state index contributed by atoms with van der Waals surface area (Å²) in [5, 5.41) is 28.8. The van der Waals surface area contributed by atoms with Crippen LogP contribution >= 0.6 is 0 Å². The van der Waals surface area contributed by atoms with Gasteiger partial charge in [-0.15, -0.1) is 0 Å². The lowest BCUT2D eigenvalue weighted by Gasteiger charge is -2.20. The fraction of sp³-hybridized carbons (Fsp3) is 0.889. The number of ether oxygens (including phenoxy) is 2. The fourth-order valence-electron chi connectivity index (χ4n) is 2.72. The van der Waals surface area contributed by atoms with Crippen molar-refractivity contribution in [3.05, 3.63) is 12.2 Å². The highest BCUT2D eigenvalue weighted by atomic mass is 16.5. The van der Waals surface area contributed by atoms with Crippen LogP contribution < -0.4 is 0 Å². The van der Waals surface area contributed by atoms with Gasteiger partial charge in [0, 0.05) is 0 Å². The van der Waals surface area contributed by atoms with Crippen LogP contribution in [0.4, 0.5) is 0 Å². The van der Waals surface area contributed by atoms with Gasteiger partial charge in [0.25, 0.3) is 0 Å². The molecule has 0 aromatic heterocycles. The Balaban J connectivity index is 1.92. The first kappa shape index (κ1) is 20.6. The van der Waals surface area contributed by atoms with Crippen molar-refractivity contribution >= 4 is 0 Å². The first-order valence-electron chi connectivity index (χ1n) is 9.05. The molecule has 0 saturated carbocycles. The monoisotopic (exact) mass is 330 g/mol. The van der Waals surface area contributed by atoms with Crippen LogP contribution in [-0.2, 0) is 9.47 Å². The minimum absolute atomic E-state index is 0.0568. The van der Waals surface area contributed by atoms with E-state index in [0.717, 1.165) is 6.42 Å². The summed E-state index contributed by atoms with van der Waals surface area (Å²) in [5.41, 5.74) is 0. The third kappa shape index (κ3) is 8.82. The topological polar surface area (TPSA) is 79.2 Å². The maximum atomic E-state index is 9.85. The normalized spacial score (nSPS) is 26.2. The van der Waals surface area contributed by atoms with Gasteiger partial charge in [0.2, 0.25) is 0 Å². The van der Waals surface area contributed by atoms with E-state index >= 15 is 0 Å². The summed E-state index contributed by atoms with van der Waals surface area (Å²) in [4.78, 5) is 0. The van der Waals surface area contributed by atoms with Gasteiger partial charge in [-0.3, -0.25) is 0 Å². The Hall–Kier alpha value is -0.460. The molecular weight excluding hydrogens is 296 g/mol. The highest BCUT2D eigenvalue weighted by Gasteiger charge is 2.39. The Labute approximate surface area is 140 Å². The maximum Gasteiger partial charge on any atom is 0.114 e. The summed E-state index contributed by atoms with van der Waals surface area (Å²) in [5.74, 6) is 0. The number of rotatable bonds is 13. The van der Waals surface area contributed by atoms with Gasteiger partial charge in [-0.2, -0.15) is 0 Å². The van der Waals surface area contributed by atoms with Gasteiger partial charge in [0.15, 0.2) is 0 Å². The van der Waals surface area contributed by atoms with Crippen LogP contribution in [0.3, 0.4) is 0 Å². The maximum absolute atomic E-state index is 9.85. The van der Waals surface area contributed by atoms with Gasteiger partial charge < -0.3 is 24.8 Å². The average molecular weight is 330 g/mol. The van der Waals surface area contributed by atoms with E-state index < -0.39 is 24.4 Å². The zero-order chi connectivity index (χ0) is 16.9. The lowest BCUT2D eigenvalue weighted by atomic mass is 10.1. The van der Waals surface area contributed by atoms with Gasteiger partial charge in [0.1, 0.15) is 24.4 Å². The van der Waals surface area contributed by atoms with E-state index in [1.165, 1.54) is 44.9 Å². The molecule has 3 N–H and O–H groups in total. The first-order chi connectivity index (χ1) is 11.2. The molecule has 23 heavy (non-hydrogen) atoms. The Morgan fingerprint density at radius 1 is 1.09 bits per heavy atom. The average Bonchev–Trinajstić information content (AvgIpc) is 2.88. The minimum atomic E-state index is -1.04. The second kappa shape index (κ2) is 12.9. The lowest BCUT2D eigenvalue weighted by molar-refractivity contribution is -0.0782. The molecule has 4 atom stereocenters. The summed E-state index contributed by atoms with van der Waals surface area (Å²) < 4.78 is 10.5. The fourth-order valence-corrected chi connectivity index (χ4v) is 2.72. The molecule has 0 radical (unpaired) electrons. The number of allylic oxidation sites excluding steroid dienone is 1. The van der Waals surface area contributed by atoms with Crippen molar-refractivity contribution in [1.82, 2.24) is 0 Å². The smallest absolute Gasteiger partial charge is 0.114 e. The molecule has 0 amide bonds. The number of hydrogen-bond acceptors (Lipinski definition) is 5. The van der Waals surface area contributed by atoms with Crippen LogP contribution in [0.1, 0.15) is 58.3 Å². The number of hydrogen-bond donors (Lipinski definition) is 3. The van der Waals surface area contributed by atoms with Gasteiger partial charge >= 0.3 is 0 Å². The molecule has 1 heterocycles. The molecule has 0 aromatic carbocycles. The second-order valence-electron chi connectivity index (χ2n) is 6.34. The molecule has 1 saturated heterocycles. The van der Waals surface area contributed by atoms with Crippen molar-refractivity contribution in [2.24, 2.45) is 0 Å². The zero-order valence-corrected chi connectivity index (χ0v) is 14.4. The molecular formula is C18H34O5. The molecule has 0 spiro atoms. The Bertz CT molecular complexity index is 308. The zero-order valence-electron chi connectivity index (χ0n) is 14.4. The van der Waals surface area contributed by atoms with Crippen LogP contribution in [-0.4, -0.2) is 59.6 Å². The highest BCUT2D eigenvalue weighted by Crippen LogP contribution is 2.17. The molecule has 1 fully saturated rings. The van der Waals surface area contributed by atoms with E-state index in [2.05, 4.69) is 13.0 Å². The summed E-state index contributed by atoms with van der Waals surface area (Å²) in [6.45, 7) is 2.83. The van der Waals surface area contributed by atoms with E-state index in [9.17, 15) is 15.3 Å². The predicted octanol–water partition coefficient (Wildman–Crippen LogP) is 2.18. The molecule has 136 valence electrons. The van der Waals surface area contributed by atoms with Crippen LogP contribution in [0.5, 0.6) is 0 Å². The van der Waals surface area contributed by atoms with E-state index in [1.54, 1.807) is 0 Å². The van der Waals surface area contributed by atoms with Crippen molar-refractivity contribution in [2.45, 2.75) is 82.7 Å². The van der Waals surface area contributed by atoms with Crippen molar-refractivity contribution in [3.8, 4) is 0 Å². The molecule has 5 heteroatoms. The molecule has 0 unspecified atom stereocenters. The van der Waals surface area contributed by atoms with Crippen molar-refractivity contribution in [2.75, 3.05) is 19.8 Å². The first-order valence-corrected chi connectivity index (χ1v) is 9.05. The Morgan fingerprint density at radius 3 is 2.43 bits per heavy atom. The van der Waals surface area contributed by atoms with Gasteiger partial charge in [0.05, 0.1) is 19.8 Å². The standard InChI is InChI=1S/C18H34O5/c1-2-3-4-5-6-7-8-9-10-11-12-22-13-16(20)18-17(21)15(19)14-23-18/h10-11,15-21H,2-9,12-14H2,1H3/b11-10+/t15-,16+,17+,18+/m1/s1. The van der Waals surface area contributed by atoms with Crippen molar-refractivity contribution < 1.29 is 24.8 Å². The molecule has 1 aliphatic rings. The molecule has 5 nitrogen and oxygen atoms in total. The van der Waals surface area contributed by atoms with E-state index in [1.807, 2.05) is 6.08 Å². The van der Waals surface area contributed by atoms with Crippen molar-refractivity contribution in [1.29, 1.82) is 0 Å². The second-order valence-corrected chi connectivity index (χ2v) is 6.34.